The van der Waals surface area contributed by atoms with Crippen molar-refractivity contribution < 1.29 is 4.79 Å². The topological polar surface area (TPSA) is 41.4 Å². The zero-order valence-electron chi connectivity index (χ0n) is 16.6. The SMILES string of the molecule is CC(C)(C)n1nc(C(=O)N2CCCN(Cc3cccs3)CC2)cc1C1CC1. The molecule has 6 heteroatoms. The monoisotopic (exact) mass is 386 g/mol. The van der Waals surface area contributed by atoms with Gasteiger partial charge in [-0.15, -0.1) is 11.3 Å². The maximum atomic E-state index is 13.1. The van der Waals surface area contributed by atoms with Crippen LogP contribution in [0.25, 0.3) is 0 Å². The minimum Gasteiger partial charge on any atom is -0.336 e. The van der Waals surface area contributed by atoms with Crippen LogP contribution < -0.4 is 0 Å². The van der Waals surface area contributed by atoms with Crippen LogP contribution >= 0.6 is 11.3 Å². The van der Waals surface area contributed by atoms with Crippen molar-refractivity contribution in [3.05, 3.63) is 39.8 Å². The second-order valence-electron chi connectivity index (χ2n) is 8.81. The number of nitrogens with zero attached hydrogens (tertiary/aromatic N) is 4. The van der Waals surface area contributed by atoms with Gasteiger partial charge in [0.2, 0.25) is 0 Å². The van der Waals surface area contributed by atoms with E-state index < -0.39 is 0 Å². The zero-order chi connectivity index (χ0) is 19.0. The number of hydrogen-bond acceptors (Lipinski definition) is 4. The third-order valence-electron chi connectivity index (χ3n) is 5.42. The standard InChI is InChI=1S/C21H30N4OS/c1-21(2,3)25-19(16-7-8-16)14-18(22-25)20(26)24-10-5-9-23(11-12-24)15-17-6-4-13-27-17/h4,6,13-14,16H,5,7-12,15H2,1-3H3. The van der Waals surface area contributed by atoms with E-state index in [0.717, 1.165) is 39.1 Å². The highest BCUT2D eigenvalue weighted by Gasteiger charge is 2.33. The van der Waals surface area contributed by atoms with Crippen LogP contribution in [0.2, 0.25) is 0 Å². The predicted octanol–water partition coefficient (Wildman–Crippen LogP) is 3.93. The average molecular weight is 387 g/mol. The largest absolute Gasteiger partial charge is 0.336 e. The highest BCUT2D eigenvalue weighted by atomic mass is 32.1. The Hall–Kier alpha value is -1.66. The van der Waals surface area contributed by atoms with Gasteiger partial charge in [-0.1, -0.05) is 6.07 Å². The molecule has 1 aliphatic carbocycles. The van der Waals surface area contributed by atoms with Crippen LogP contribution in [-0.2, 0) is 12.1 Å². The molecule has 27 heavy (non-hydrogen) atoms. The highest BCUT2D eigenvalue weighted by molar-refractivity contribution is 7.09. The summed E-state index contributed by atoms with van der Waals surface area (Å²) >= 11 is 1.81. The molecule has 2 aromatic rings. The smallest absolute Gasteiger partial charge is 0.274 e. The molecule has 1 saturated carbocycles. The Morgan fingerprint density at radius 2 is 2.04 bits per heavy atom. The molecule has 0 atom stereocenters. The van der Waals surface area contributed by atoms with Crippen molar-refractivity contribution in [2.75, 3.05) is 26.2 Å². The van der Waals surface area contributed by atoms with Crippen LogP contribution in [0.15, 0.2) is 23.6 Å². The van der Waals surface area contributed by atoms with Gasteiger partial charge in [-0.25, -0.2) is 0 Å². The van der Waals surface area contributed by atoms with Crippen molar-refractivity contribution in [3.8, 4) is 0 Å². The Morgan fingerprint density at radius 3 is 2.70 bits per heavy atom. The average Bonchev–Trinajstić information content (AvgIpc) is 3.22. The summed E-state index contributed by atoms with van der Waals surface area (Å²) in [6, 6.07) is 6.35. The summed E-state index contributed by atoms with van der Waals surface area (Å²) in [7, 11) is 0. The molecule has 1 saturated heterocycles. The lowest BCUT2D eigenvalue weighted by Crippen LogP contribution is -2.35. The molecule has 0 N–H and O–H groups in total. The van der Waals surface area contributed by atoms with Gasteiger partial charge in [0.15, 0.2) is 5.69 Å². The van der Waals surface area contributed by atoms with Crippen molar-refractivity contribution in [1.29, 1.82) is 0 Å². The number of rotatable bonds is 4. The first-order valence-electron chi connectivity index (χ1n) is 10.1. The molecule has 0 bridgehead atoms. The number of aromatic nitrogens is 2. The van der Waals surface area contributed by atoms with Gasteiger partial charge in [-0.2, -0.15) is 5.10 Å². The maximum Gasteiger partial charge on any atom is 0.274 e. The van der Waals surface area contributed by atoms with Gasteiger partial charge < -0.3 is 4.90 Å². The molecule has 2 aliphatic rings. The lowest BCUT2D eigenvalue weighted by atomic mass is 10.1. The number of carbonyl (C=O) groups is 1. The van der Waals surface area contributed by atoms with Crippen molar-refractivity contribution in [3.63, 3.8) is 0 Å². The van der Waals surface area contributed by atoms with Gasteiger partial charge in [0.25, 0.3) is 5.91 Å². The summed E-state index contributed by atoms with van der Waals surface area (Å²) in [5.74, 6) is 0.682. The highest BCUT2D eigenvalue weighted by Crippen LogP contribution is 2.41. The first-order valence-corrected chi connectivity index (χ1v) is 10.9. The molecule has 5 nitrogen and oxygen atoms in total. The molecule has 2 fully saturated rings. The Bertz CT molecular complexity index is 786. The van der Waals surface area contributed by atoms with Crippen LogP contribution in [0.3, 0.4) is 0 Å². The van der Waals surface area contributed by atoms with Gasteiger partial charge in [-0.05, 0) is 57.5 Å². The lowest BCUT2D eigenvalue weighted by molar-refractivity contribution is 0.0753. The quantitative estimate of drug-likeness (QED) is 0.800. The molecule has 2 aromatic heterocycles. The summed E-state index contributed by atoms with van der Waals surface area (Å²) in [5.41, 5.74) is 1.77. The molecule has 0 unspecified atom stereocenters. The number of hydrogen-bond donors (Lipinski definition) is 0. The fourth-order valence-electron chi connectivity index (χ4n) is 3.82. The molecule has 0 aromatic carbocycles. The first kappa shape index (κ1) is 18.7. The second-order valence-corrected chi connectivity index (χ2v) is 9.84. The molecule has 0 spiro atoms. The van der Waals surface area contributed by atoms with Gasteiger partial charge >= 0.3 is 0 Å². The van der Waals surface area contributed by atoms with E-state index in [9.17, 15) is 4.79 Å². The normalized spacial score (nSPS) is 19.3. The molecular formula is C21H30N4OS. The van der Waals surface area contributed by atoms with E-state index in [1.165, 1.54) is 23.4 Å². The van der Waals surface area contributed by atoms with E-state index in [1.54, 1.807) is 0 Å². The van der Waals surface area contributed by atoms with Gasteiger partial charge in [0.1, 0.15) is 0 Å². The fourth-order valence-corrected chi connectivity index (χ4v) is 4.57. The maximum absolute atomic E-state index is 13.1. The number of carbonyl (C=O) groups excluding carboxylic acids is 1. The fraction of sp³-hybridized carbons (Fsp3) is 0.619. The van der Waals surface area contributed by atoms with Gasteiger partial charge in [0, 0.05) is 49.2 Å². The second kappa shape index (κ2) is 7.40. The number of amides is 1. The van der Waals surface area contributed by atoms with Crippen molar-refractivity contribution in [2.24, 2.45) is 0 Å². The molecule has 3 heterocycles. The zero-order valence-corrected chi connectivity index (χ0v) is 17.5. The van der Waals surface area contributed by atoms with E-state index in [0.29, 0.717) is 11.6 Å². The molecule has 0 radical (unpaired) electrons. The Balaban J connectivity index is 1.45. The van der Waals surface area contributed by atoms with Crippen molar-refractivity contribution in [2.45, 2.75) is 58.0 Å². The minimum absolute atomic E-state index is 0.0905. The Kier molecular flexibility index (Phi) is 5.12. The first-order chi connectivity index (χ1) is 12.9. The van der Waals surface area contributed by atoms with Crippen LogP contribution in [0.1, 0.15) is 67.0 Å². The van der Waals surface area contributed by atoms with Crippen LogP contribution in [-0.4, -0.2) is 51.7 Å². The summed E-state index contributed by atoms with van der Waals surface area (Å²) < 4.78 is 2.08. The van der Waals surface area contributed by atoms with Gasteiger partial charge in [0.05, 0.1) is 5.54 Å². The molecule has 4 rings (SSSR count). The van der Waals surface area contributed by atoms with E-state index >= 15 is 0 Å². The summed E-state index contributed by atoms with van der Waals surface area (Å²) in [6.07, 6.45) is 3.46. The van der Waals surface area contributed by atoms with E-state index in [2.05, 4.69) is 53.9 Å². The number of thiophene rings is 1. The summed E-state index contributed by atoms with van der Waals surface area (Å²) in [5, 5.41) is 6.87. The third kappa shape index (κ3) is 4.27. The Labute approximate surface area is 166 Å². The van der Waals surface area contributed by atoms with Gasteiger partial charge in [-0.3, -0.25) is 14.4 Å². The molecular weight excluding hydrogens is 356 g/mol. The van der Waals surface area contributed by atoms with Crippen molar-refractivity contribution >= 4 is 17.2 Å². The van der Waals surface area contributed by atoms with Crippen molar-refractivity contribution in [1.82, 2.24) is 19.6 Å². The summed E-state index contributed by atoms with van der Waals surface area (Å²) in [6.45, 7) is 11.1. The summed E-state index contributed by atoms with van der Waals surface area (Å²) in [4.78, 5) is 19.0. The van der Waals surface area contributed by atoms with Crippen LogP contribution in [0.4, 0.5) is 0 Å². The Morgan fingerprint density at radius 1 is 1.22 bits per heavy atom. The molecule has 146 valence electrons. The lowest BCUT2D eigenvalue weighted by Gasteiger charge is -2.23. The molecule has 1 amide bonds. The van der Waals surface area contributed by atoms with E-state index in [1.807, 2.05) is 16.2 Å². The predicted molar refractivity (Wildman–Crippen MR) is 109 cm³/mol. The van der Waals surface area contributed by atoms with E-state index in [-0.39, 0.29) is 11.4 Å². The van der Waals surface area contributed by atoms with E-state index in [4.69, 9.17) is 5.10 Å². The van der Waals surface area contributed by atoms with Crippen LogP contribution in [0.5, 0.6) is 0 Å². The molecule has 1 aliphatic heterocycles. The minimum atomic E-state index is -0.0905. The van der Waals surface area contributed by atoms with Crippen LogP contribution in [0, 0.1) is 0 Å². The third-order valence-corrected chi connectivity index (χ3v) is 6.28.